The molecule has 2 heterocycles. The van der Waals surface area contributed by atoms with Gasteiger partial charge in [-0.3, -0.25) is 14.5 Å². The first kappa shape index (κ1) is 16.5. The zero-order valence-corrected chi connectivity index (χ0v) is 14.9. The van der Waals surface area contributed by atoms with Crippen molar-refractivity contribution in [2.75, 3.05) is 7.11 Å². The van der Waals surface area contributed by atoms with Crippen LogP contribution >= 0.6 is 23.1 Å². The summed E-state index contributed by atoms with van der Waals surface area (Å²) < 4.78 is 7.72. The summed E-state index contributed by atoms with van der Waals surface area (Å²) in [5.41, 5.74) is 0.895. The van der Waals surface area contributed by atoms with Crippen LogP contribution < -0.4 is 0 Å². The maximum absolute atomic E-state index is 12.1. The number of hydrogen-bond donors (Lipinski definition) is 0. The molecule has 0 aliphatic carbocycles. The summed E-state index contributed by atoms with van der Waals surface area (Å²) in [6.07, 6.45) is 0. The van der Waals surface area contributed by atoms with Gasteiger partial charge in [0.1, 0.15) is 0 Å². The molecular formula is C16H10N4O4S2. The van der Waals surface area contributed by atoms with Gasteiger partial charge in [0.15, 0.2) is 0 Å². The molecule has 0 bridgehead atoms. The van der Waals surface area contributed by atoms with Crippen molar-refractivity contribution in [3.05, 3.63) is 58.1 Å². The Labute approximate surface area is 154 Å². The van der Waals surface area contributed by atoms with Crippen molar-refractivity contribution in [2.45, 2.75) is 10.1 Å². The quantitative estimate of drug-likeness (QED) is 0.299. The Morgan fingerprint density at radius 3 is 2.85 bits per heavy atom. The van der Waals surface area contributed by atoms with Gasteiger partial charge in [-0.15, -0.1) is 10.2 Å². The molecule has 4 rings (SSSR count). The third-order valence-electron chi connectivity index (χ3n) is 3.69. The minimum absolute atomic E-state index is 0.114. The number of fused-ring (bicyclic) bond motifs is 3. The van der Waals surface area contributed by atoms with E-state index < -0.39 is 10.9 Å². The van der Waals surface area contributed by atoms with Crippen LogP contribution in [0.3, 0.4) is 0 Å². The molecule has 130 valence electrons. The van der Waals surface area contributed by atoms with Crippen molar-refractivity contribution < 1.29 is 14.5 Å². The van der Waals surface area contributed by atoms with Crippen LogP contribution in [0.25, 0.3) is 15.2 Å². The van der Waals surface area contributed by atoms with Crippen LogP contribution in [0.4, 0.5) is 5.69 Å². The number of aromatic nitrogens is 3. The van der Waals surface area contributed by atoms with E-state index in [4.69, 9.17) is 4.74 Å². The van der Waals surface area contributed by atoms with Crippen molar-refractivity contribution in [1.29, 1.82) is 0 Å². The van der Waals surface area contributed by atoms with Crippen LogP contribution in [-0.2, 0) is 4.74 Å². The van der Waals surface area contributed by atoms with Gasteiger partial charge in [-0.05, 0) is 30.0 Å². The lowest BCUT2D eigenvalue weighted by molar-refractivity contribution is -0.384. The molecule has 4 aromatic rings. The van der Waals surface area contributed by atoms with E-state index in [0.717, 1.165) is 15.2 Å². The van der Waals surface area contributed by atoms with E-state index in [2.05, 4.69) is 10.2 Å². The number of para-hydroxylation sites is 1. The first-order valence-corrected chi connectivity index (χ1v) is 8.99. The molecular weight excluding hydrogens is 376 g/mol. The SMILES string of the molecule is COC(=O)c1cc([N+](=O)[O-])ccc1Sc1nnc2sc3ccccc3n12. The van der Waals surface area contributed by atoms with Crippen molar-refractivity contribution in [1.82, 2.24) is 14.6 Å². The van der Waals surface area contributed by atoms with Crippen molar-refractivity contribution in [3.8, 4) is 0 Å². The highest BCUT2D eigenvalue weighted by atomic mass is 32.2. The van der Waals surface area contributed by atoms with E-state index in [1.165, 1.54) is 48.4 Å². The highest BCUT2D eigenvalue weighted by Gasteiger charge is 2.21. The molecule has 0 saturated carbocycles. The summed E-state index contributed by atoms with van der Waals surface area (Å²) in [6, 6.07) is 11.9. The van der Waals surface area contributed by atoms with Gasteiger partial charge in [0.25, 0.3) is 5.69 Å². The summed E-state index contributed by atoms with van der Waals surface area (Å²) in [5.74, 6) is -0.646. The molecule has 0 radical (unpaired) electrons. The average Bonchev–Trinajstić information content (AvgIpc) is 3.21. The second-order valence-electron chi connectivity index (χ2n) is 5.20. The maximum atomic E-state index is 12.1. The minimum atomic E-state index is -0.646. The third kappa shape index (κ3) is 2.68. The Balaban J connectivity index is 1.83. The molecule has 0 N–H and O–H groups in total. The molecule has 0 spiro atoms. The number of carbonyl (C=O) groups excluding carboxylic acids is 1. The number of methoxy groups -OCH3 is 1. The number of nitro groups is 1. The zero-order valence-electron chi connectivity index (χ0n) is 13.3. The Hall–Kier alpha value is -2.98. The Morgan fingerprint density at radius 2 is 2.08 bits per heavy atom. The number of ether oxygens (including phenoxy) is 1. The zero-order chi connectivity index (χ0) is 18.3. The largest absolute Gasteiger partial charge is 0.465 e. The fourth-order valence-electron chi connectivity index (χ4n) is 2.51. The summed E-state index contributed by atoms with van der Waals surface area (Å²) >= 11 is 2.72. The molecule has 0 aliphatic rings. The fourth-order valence-corrected chi connectivity index (χ4v) is 4.48. The van der Waals surface area contributed by atoms with Crippen LogP contribution in [0.1, 0.15) is 10.4 Å². The van der Waals surface area contributed by atoms with Gasteiger partial charge in [0, 0.05) is 17.0 Å². The van der Waals surface area contributed by atoms with E-state index in [9.17, 15) is 14.9 Å². The van der Waals surface area contributed by atoms with Gasteiger partial charge in [-0.25, -0.2) is 4.79 Å². The fraction of sp³-hybridized carbons (Fsp3) is 0.0625. The van der Waals surface area contributed by atoms with Crippen LogP contribution in [0.2, 0.25) is 0 Å². The molecule has 2 aromatic heterocycles. The number of hydrogen-bond acceptors (Lipinski definition) is 8. The van der Waals surface area contributed by atoms with Gasteiger partial charge in [0.05, 0.1) is 27.8 Å². The number of non-ortho nitro benzene ring substituents is 1. The number of thiazole rings is 1. The number of carbonyl (C=O) groups is 1. The maximum Gasteiger partial charge on any atom is 0.339 e. The number of rotatable bonds is 4. The summed E-state index contributed by atoms with van der Waals surface area (Å²) in [5, 5.41) is 19.9. The number of nitro benzene ring substituents is 1. The smallest absolute Gasteiger partial charge is 0.339 e. The predicted molar refractivity (Wildman–Crippen MR) is 96.9 cm³/mol. The normalized spacial score (nSPS) is 11.1. The summed E-state index contributed by atoms with van der Waals surface area (Å²) in [4.78, 5) is 23.8. The van der Waals surface area contributed by atoms with Crippen molar-refractivity contribution in [3.63, 3.8) is 0 Å². The molecule has 0 amide bonds. The van der Waals surface area contributed by atoms with Gasteiger partial charge in [-0.2, -0.15) is 0 Å². The topological polar surface area (TPSA) is 99.6 Å². The van der Waals surface area contributed by atoms with Crippen molar-refractivity contribution >= 4 is 49.9 Å². The minimum Gasteiger partial charge on any atom is -0.465 e. The molecule has 26 heavy (non-hydrogen) atoms. The third-order valence-corrected chi connectivity index (χ3v) is 5.73. The molecule has 0 saturated heterocycles. The molecule has 0 fully saturated rings. The van der Waals surface area contributed by atoms with Crippen molar-refractivity contribution in [2.24, 2.45) is 0 Å². The van der Waals surface area contributed by atoms with Crippen LogP contribution in [0.5, 0.6) is 0 Å². The Morgan fingerprint density at radius 1 is 1.27 bits per heavy atom. The van der Waals surface area contributed by atoms with Gasteiger partial charge in [-0.1, -0.05) is 23.5 Å². The first-order valence-electron chi connectivity index (χ1n) is 7.36. The highest BCUT2D eigenvalue weighted by Crippen LogP contribution is 2.35. The van der Waals surface area contributed by atoms with E-state index >= 15 is 0 Å². The Bertz CT molecular complexity index is 1170. The molecule has 10 heteroatoms. The molecule has 2 aromatic carbocycles. The van der Waals surface area contributed by atoms with Gasteiger partial charge >= 0.3 is 5.97 Å². The predicted octanol–water partition coefficient (Wildman–Crippen LogP) is 3.79. The molecule has 8 nitrogen and oxygen atoms in total. The van der Waals surface area contributed by atoms with E-state index in [-0.39, 0.29) is 11.3 Å². The average molecular weight is 386 g/mol. The van der Waals surface area contributed by atoms with Crippen LogP contribution in [0, 0.1) is 10.1 Å². The standard InChI is InChI=1S/C16H10N4O4S2/c1-24-14(21)10-8-9(20(22)23)6-7-12(10)25-15-17-18-16-19(15)11-4-2-3-5-13(11)26-16/h2-8H,1H3. The van der Waals surface area contributed by atoms with E-state index in [1.807, 2.05) is 28.7 Å². The number of nitrogens with zero attached hydrogens (tertiary/aromatic N) is 4. The highest BCUT2D eigenvalue weighted by molar-refractivity contribution is 7.99. The lowest BCUT2D eigenvalue weighted by atomic mass is 10.2. The van der Waals surface area contributed by atoms with E-state index in [1.54, 1.807) is 0 Å². The lowest BCUT2D eigenvalue weighted by Crippen LogP contribution is -2.04. The van der Waals surface area contributed by atoms with Gasteiger partial charge < -0.3 is 4.74 Å². The van der Waals surface area contributed by atoms with E-state index in [0.29, 0.717) is 10.1 Å². The van der Waals surface area contributed by atoms with Crippen LogP contribution in [-0.4, -0.2) is 32.6 Å². The van der Waals surface area contributed by atoms with Gasteiger partial charge in [0.2, 0.25) is 10.1 Å². The lowest BCUT2D eigenvalue weighted by Gasteiger charge is -2.06. The first-order chi connectivity index (χ1) is 12.6. The summed E-state index contributed by atoms with van der Waals surface area (Å²) in [6.45, 7) is 0. The number of benzene rings is 2. The van der Waals surface area contributed by atoms with Crippen LogP contribution in [0.15, 0.2) is 52.5 Å². The Kier molecular flexibility index (Phi) is 4.05. The molecule has 0 aliphatic heterocycles. The second kappa shape index (κ2) is 6.39. The molecule has 0 atom stereocenters. The monoisotopic (exact) mass is 386 g/mol. The molecule has 0 unspecified atom stereocenters. The summed E-state index contributed by atoms with van der Waals surface area (Å²) in [7, 11) is 1.23. The second-order valence-corrected chi connectivity index (χ2v) is 7.22. The number of esters is 1.